The van der Waals surface area contributed by atoms with Gasteiger partial charge in [0.25, 0.3) is 0 Å². The maximum Gasteiger partial charge on any atom is 0.00386 e. The zero-order valence-corrected chi connectivity index (χ0v) is 13.7. The van der Waals surface area contributed by atoms with E-state index in [1.54, 1.807) is 0 Å². The van der Waals surface area contributed by atoms with Gasteiger partial charge in [-0.3, -0.25) is 0 Å². The second kappa shape index (κ2) is 9.76. The van der Waals surface area contributed by atoms with Crippen molar-refractivity contribution in [2.75, 3.05) is 47.3 Å². The van der Waals surface area contributed by atoms with Gasteiger partial charge in [-0.15, -0.1) is 0 Å². The van der Waals surface area contributed by atoms with Crippen LogP contribution in [0.15, 0.2) is 0 Å². The summed E-state index contributed by atoms with van der Waals surface area (Å²) in [5.41, 5.74) is 0. The van der Waals surface area contributed by atoms with Gasteiger partial charge in [0.05, 0.1) is 0 Å². The van der Waals surface area contributed by atoms with Crippen LogP contribution in [0.5, 0.6) is 0 Å². The Morgan fingerprint density at radius 3 is 1.56 bits per heavy atom. The lowest BCUT2D eigenvalue weighted by Crippen LogP contribution is -2.36. The highest BCUT2D eigenvalue weighted by molar-refractivity contribution is 4.66. The van der Waals surface area contributed by atoms with Crippen LogP contribution in [0, 0.1) is 0 Å². The molecule has 0 aliphatic heterocycles. The van der Waals surface area contributed by atoms with E-state index < -0.39 is 0 Å². The molecule has 0 heterocycles. The fourth-order valence-corrected chi connectivity index (χ4v) is 2.00. The molecule has 0 fully saturated rings. The maximum absolute atomic E-state index is 2.61. The minimum Gasteiger partial charge on any atom is -0.309 e. The van der Waals surface area contributed by atoms with Crippen molar-refractivity contribution in [1.29, 1.82) is 0 Å². The van der Waals surface area contributed by atoms with E-state index in [0.717, 1.165) is 0 Å². The van der Waals surface area contributed by atoms with Gasteiger partial charge in [0.2, 0.25) is 0 Å². The molecule has 0 saturated carbocycles. The summed E-state index contributed by atoms with van der Waals surface area (Å²) in [6, 6.07) is 1.32. The summed E-state index contributed by atoms with van der Waals surface area (Å²) in [6.45, 7) is 14.0. The van der Waals surface area contributed by atoms with Crippen LogP contribution < -0.4 is 0 Å². The van der Waals surface area contributed by atoms with Crippen molar-refractivity contribution < 1.29 is 0 Å². The van der Waals surface area contributed by atoms with Crippen LogP contribution in [-0.4, -0.2) is 74.1 Å². The second-order valence-electron chi connectivity index (χ2n) is 6.21. The Morgan fingerprint density at radius 2 is 1.17 bits per heavy atom. The van der Waals surface area contributed by atoms with E-state index in [1.165, 1.54) is 39.0 Å². The maximum atomic E-state index is 2.61. The van der Waals surface area contributed by atoms with Crippen LogP contribution >= 0.6 is 0 Å². The molecule has 0 spiro atoms. The zero-order valence-electron chi connectivity index (χ0n) is 13.7. The molecule has 0 amide bonds. The largest absolute Gasteiger partial charge is 0.309 e. The normalized spacial score (nSPS) is 12.7. The molecule has 110 valence electrons. The number of hydrogen-bond acceptors (Lipinski definition) is 3. The van der Waals surface area contributed by atoms with E-state index in [0.29, 0.717) is 12.1 Å². The van der Waals surface area contributed by atoms with E-state index in [9.17, 15) is 0 Å². The second-order valence-corrected chi connectivity index (χ2v) is 6.21. The fourth-order valence-electron chi connectivity index (χ4n) is 2.00. The molecule has 0 radical (unpaired) electrons. The quantitative estimate of drug-likeness (QED) is 0.595. The van der Waals surface area contributed by atoms with Gasteiger partial charge in [0.15, 0.2) is 0 Å². The Balaban J connectivity index is 3.83. The van der Waals surface area contributed by atoms with E-state index in [-0.39, 0.29) is 0 Å². The van der Waals surface area contributed by atoms with Crippen LogP contribution in [0.25, 0.3) is 0 Å². The molecule has 0 atom stereocenters. The number of rotatable bonds is 10. The van der Waals surface area contributed by atoms with Gasteiger partial charge >= 0.3 is 0 Å². The average Bonchev–Trinajstić information content (AvgIpc) is 2.25. The van der Waals surface area contributed by atoms with Gasteiger partial charge in [0.1, 0.15) is 0 Å². The highest BCUT2D eigenvalue weighted by atomic mass is 15.2. The lowest BCUT2D eigenvalue weighted by molar-refractivity contribution is 0.188. The van der Waals surface area contributed by atoms with E-state index in [4.69, 9.17) is 0 Å². The fraction of sp³-hybridized carbons (Fsp3) is 1.00. The van der Waals surface area contributed by atoms with Gasteiger partial charge < -0.3 is 14.7 Å². The minimum absolute atomic E-state index is 0.659. The average molecular weight is 257 g/mol. The topological polar surface area (TPSA) is 9.72 Å². The van der Waals surface area contributed by atoms with Crippen molar-refractivity contribution in [3.05, 3.63) is 0 Å². The van der Waals surface area contributed by atoms with E-state index in [1.807, 2.05) is 0 Å². The molecule has 0 aliphatic rings. The molecule has 0 aliphatic carbocycles. The van der Waals surface area contributed by atoms with Crippen molar-refractivity contribution in [2.45, 2.75) is 52.6 Å². The van der Waals surface area contributed by atoms with Crippen LogP contribution in [0.4, 0.5) is 0 Å². The molecule has 0 unspecified atom stereocenters. The Hall–Kier alpha value is -0.120. The molecule has 3 heteroatoms. The third kappa shape index (κ3) is 8.90. The SMILES string of the molecule is CC(C)N(C)CCCN(CCCN(C)C)C(C)C. The zero-order chi connectivity index (χ0) is 14.1. The molecule has 3 nitrogen and oxygen atoms in total. The predicted octanol–water partition coefficient (Wildman–Crippen LogP) is 2.38. The lowest BCUT2D eigenvalue weighted by atomic mass is 10.2. The standard InChI is InChI=1S/C15H35N3/c1-14(2)17(7)11-9-13-18(15(3)4)12-8-10-16(5)6/h14-15H,8-13H2,1-7H3. The summed E-state index contributed by atoms with van der Waals surface area (Å²) in [5.74, 6) is 0. The van der Waals surface area contributed by atoms with Crippen molar-refractivity contribution in [1.82, 2.24) is 14.7 Å². The molecule has 18 heavy (non-hydrogen) atoms. The summed E-state index contributed by atoms with van der Waals surface area (Å²) in [6.07, 6.45) is 2.54. The highest BCUT2D eigenvalue weighted by Gasteiger charge is 2.10. The number of hydrogen-bond donors (Lipinski definition) is 0. The highest BCUT2D eigenvalue weighted by Crippen LogP contribution is 2.03. The number of nitrogens with zero attached hydrogens (tertiary/aromatic N) is 3. The Labute approximate surface area is 115 Å². The third-order valence-corrected chi connectivity index (χ3v) is 3.62. The van der Waals surface area contributed by atoms with Gasteiger partial charge in [-0.1, -0.05) is 0 Å². The molecule has 0 rings (SSSR count). The van der Waals surface area contributed by atoms with E-state index >= 15 is 0 Å². The minimum atomic E-state index is 0.659. The Morgan fingerprint density at radius 1 is 0.667 bits per heavy atom. The molecule has 0 saturated heterocycles. The van der Waals surface area contributed by atoms with Crippen LogP contribution in [-0.2, 0) is 0 Å². The van der Waals surface area contributed by atoms with Crippen molar-refractivity contribution in [2.24, 2.45) is 0 Å². The van der Waals surface area contributed by atoms with Gasteiger partial charge in [0, 0.05) is 12.1 Å². The van der Waals surface area contributed by atoms with Crippen LogP contribution in [0.2, 0.25) is 0 Å². The van der Waals surface area contributed by atoms with E-state index in [2.05, 4.69) is 63.5 Å². The van der Waals surface area contributed by atoms with Crippen molar-refractivity contribution >= 4 is 0 Å². The molecular weight excluding hydrogens is 222 g/mol. The molecule has 0 aromatic carbocycles. The summed E-state index contributed by atoms with van der Waals surface area (Å²) in [4.78, 5) is 7.31. The van der Waals surface area contributed by atoms with Crippen LogP contribution in [0.1, 0.15) is 40.5 Å². The first kappa shape index (κ1) is 17.9. The Bertz CT molecular complexity index is 190. The van der Waals surface area contributed by atoms with Gasteiger partial charge in [-0.25, -0.2) is 0 Å². The first-order valence-corrected chi connectivity index (χ1v) is 7.43. The molecule has 0 aromatic heterocycles. The van der Waals surface area contributed by atoms with Crippen molar-refractivity contribution in [3.8, 4) is 0 Å². The summed E-state index contributed by atoms with van der Waals surface area (Å²) >= 11 is 0. The molecular formula is C15H35N3. The van der Waals surface area contributed by atoms with Gasteiger partial charge in [-0.05, 0) is 87.9 Å². The first-order valence-electron chi connectivity index (χ1n) is 7.43. The smallest absolute Gasteiger partial charge is 0.00386 e. The van der Waals surface area contributed by atoms with Crippen molar-refractivity contribution in [3.63, 3.8) is 0 Å². The molecule has 0 bridgehead atoms. The van der Waals surface area contributed by atoms with Crippen LogP contribution in [0.3, 0.4) is 0 Å². The molecule has 0 aromatic rings. The monoisotopic (exact) mass is 257 g/mol. The lowest BCUT2D eigenvalue weighted by Gasteiger charge is -2.28. The Kier molecular flexibility index (Phi) is 9.70. The summed E-state index contributed by atoms with van der Waals surface area (Å²) < 4.78 is 0. The summed E-state index contributed by atoms with van der Waals surface area (Å²) in [5, 5.41) is 0. The predicted molar refractivity (Wildman–Crippen MR) is 82.3 cm³/mol. The third-order valence-electron chi connectivity index (χ3n) is 3.62. The first-order chi connectivity index (χ1) is 8.34. The summed E-state index contributed by atoms with van der Waals surface area (Å²) in [7, 11) is 6.52. The van der Waals surface area contributed by atoms with Gasteiger partial charge in [-0.2, -0.15) is 0 Å². The molecule has 0 N–H and O–H groups in total.